The Morgan fingerprint density at radius 3 is 2.89 bits per heavy atom. The Balaban J connectivity index is 2.56. The maximum absolute atomic E-state index is 10.3. The lowest BCUT2D eigenvalue weighted by Gasteiger charge is -2.08. The van der Waals surface area contributed by atoms with E-state index in [1.165, 1.54) is 6.21 Å². The van der Waals surface area contributed by atoms with E-state index in [0.717, 1.165) is 0 Å². The second-order valence-corrected chi connectivity index (χ2v) is 1.59. The average Bonchev–Trinajstić information content (AvgIpc) is 1.90. The molecule has 4 nitrogen and oxygen atoms in total. The summed E-state index contributed by atoms with van der Waals surface area (Å²) < 4.78 is 0. The number of hydrogen-bond acceptors (Lipinski definition) is 3. The van der Waals surface area contributed by atoms with Gasteiger partial charge < -0.3 is 5.32 Å². The van der Waals surface area contributed by atoms with Gasteiger partial charge in [-0.2, -0.15) is 0 Å². The molecule has 0 aromatic heterocycles. The summed E-state index contributed by atoms with van der Waals surface area (Å²) in [5.74, 6) is -0.712. The SMILES string of the molecule is [NH]C(=O)C1N=CC=CN1. The number of allylic oxidation sites excluding steroid dienone is 1. The first-order valence-electron chi connectivity index (χ1n) is 2.50. The van der Waals surface area contributed by atoms with E-state index in [0.29, 0.717) is 0 Å². The molecular weight excluding hydrogens is 118 g/mol. The predicted molar refractivity (Wildman–Crippen MR) is 32.7 cm³/mol. The number of amides is 1. The highest BCUT2D eigenvalue weighted by Crippen LogP contribution is 1.88. The molecule has 0 aromatic carbocycles. The van der Waals surface area contributed by atoms with E-state index in [4.69, 9.17) is 5.73 Å². The van der Waals surface area contributed by atoms with Gasteiger partial charge in [0.05, 0.1) is 0 Å². The largest absolute Gasteiger partial charge is 0.362 e. The van der Waals surface area contributed by atoms with Crippen LogP contribution in [0.25, 0.3) is 0 Å². The van der Waals surface area contributed by atoms with Crippen LogP contribution in [0.2, 0.25) is 0 Å². The van der Waals surface area contributed by atoms with Gasteiger partial charge in [-0.15, -0.1) is 0 Å². The summed E-state index contributed by atoms with van der Waals surface area (Å²) in [6, 6.07) is 0. The molecule has 1 radical (unpaired) electrons. The Morgan fingerprint density at radius 2 is 2.56 bits per heavy atom. The van der Waals surface area contributed by atoms with E-state index in [2.05, 4.69) is 10.3 Å². The van der Waals surface area contributed by atoms with Gasteiger partial charge in [0.1, 0.15) is 0 Å². The minimum atomic E-state index is -0.712. The summed E-state index contributed by atoms with van der Waals surface area (Å²) in [6.45, 7) is 0. The van der Waals surface area contributed by atoms with Gasteiger partial charge in [-0.3, -0.25) is 15.5 Å². The molecule has 1 heterocycles. The van der Waals surface area contributed by atoms with Gasteiger partial charge >= 0.3 is 0 Å². The van der Waals surface area contributed by atoms with Crippen molar-refractivity contribution in [3.63, 3.8) is 0 Å². The predicted octanol–water partition coefficient (Wildman–Crippen LogP) is -0.690. The van der Waals surface area contributed by atoms with E-state index in [1.807, 2.05) is 0 Å². The molecule has 1 rings (SSSR count). The van der Waals surface area contributed by atoms with Crippen molar-refractivity contribution in [2.24, 2.45) is 4.99 Å². The Labute approximate surface area is 52.5 Å². The van der Waals surface area contributed by atoms with Gasteiger partial charge in [-0.05, 0) is 6.08 Å². The van der Waals surface area contributed by atoms with Crippen molar-refractivity contribution in [1.29, 1.82) is 0 Å². The van der Waals surface area contributed by atoms with Crippen LogP contribution >= 0.6 is 0 Å². The molecular formula is C5H6N3O. The van der Waals surface area contributed by atoms with Crippen molar-refractivity contribution in [2.45, 2.75) is 6.17 Å². The first kappa shape index (κ1) is 5.81. The Morgan fingerprint density at radius 1 is 1.78 bits per heavy atom. The molecule has 0 saturated heterocycles. The first-order valence-corrected chi connectivity index (χ1v) is 2.50. The summed E-state index contributed by atoms with van der Waals surface area (Å²) in [4.78, 5) is 13.9. The second kappa shape index (κ2) is 2.30. The van der Waals surface area contributed by atoms with Crippen LogP contribution in [0.4, 0.5) is 0 Å². The Kier molecular flexibility index (Phi) is 1.48. The number of nitrogens with one attached hydrogen (secondary N) is 2. The van der Waals surface area contributed by atoms with Gasteiger partial charge in [-0.25, -0.2) is 0 Å². The van der Waals surface area contributed by atoms with Gasteiger partial charge in [0, 0.05) is 12.4 Å². The van der Waals surface area contributed by atoms with E-state index >= 15 is 0 Å². The van der Waals surface area contributed by atoms with Crippen LogP contribution in [-0.4, -0.2) is 18.3 Å². The van der Waals surface area contributed by atoms with Crippen LogP contribution in [0.3, 0.4) is 0 Å². The summed E-state index contributed by atoms with van der Waals surface area (Å²) in [5.41, 5.74) is 6.62. The zero-order valence-corrected chi connectivity index (χ0v) is 4.66. The third-order valence-corrected chi connectivity index (χ3v) is 0.920. The Hall–Kier alpha value is -1.32. The molecule has 0 aliphatic carbocycles. The van der Waals surface area contributed by atoms with Crippen LogP contribution in [0.5, 0.6) is 0 Å². The zero-order chi connectivity index (χ0) is 6.69. The standard InChI is InChI=1S/C5H6N3O/c6-4(9)5-7-2-1-3-8-5/h1-3,5-7H. The summed E-state index contributed by atoms with van der Waals surface area (Å²) in [6.07, 6.45) is 4.06. The molecule has 0 saturated carbocycles. The fourth-order valence-electron chi connectivity index (χ4n) is 0.512. The lowest BCUT2D eigenvalue weighted by molar-refractivity contribution is -0.120. The highest BCUT2D eigenvalue weighted by atomic mass is 16.1. The third kappa shape index (κ3) is 1.28. The topological polar surface area (TPSA) is 65.3 Å². The maximum Gasteiger partial charge on any atom is 0.283 e. The number of nitrogens with zero attached hydrogens (tertiary/aromatic N) is 1. The molecule has 0 spiro atoms. The zero-order valence-electron chi connectivity index (χ0n) is 4.66. The van der Waals surface area contributed by atoms with Crippen molar-refractivity contribution in [3.05, 3.63) is 12.3 Å². The fourth-order valence-corrected chi connectivity index (χ4v) is 0.512. The molecule has 2 N–H and O–H groups in total. The molecule has 1 aliphatic heterocycles. The second-order valence-electron chi connectivity index (χ2n) is 1.59. The number of carbonyl (C=O) groups excluding carboxylic acids is 1. The number of rotatable bonds is 1. The molecule has 47 valence electrons. The monoisotopic (exact) mass is 124 g/mol. The van der Waals surface area contributed by atoms with Crippen LogP contribution in [0.1, 0.15) is 0 Å². The van der Waals surface area contributed by atoms with Crippen molar-refractivity contribution in [1.82, 2.24) is 11.1 Å². The minimum Gasteiger partial charge on any atom is -0.362 e. The molecule has 9 heavy (non-hydrogen) atoms. The summed E-state index contributed by atoms with van der Waals surface area (Å²) >= 11 is 0. The van der Waals surface area contributed by atoms with Gasteiger partial charge in [0.25, 0.3) is 5.91 Å². The Bertz CT molecular complexity index is 173. The fraction of sp³-hybridized carbons (Fsp3) is 0.200. The number of hydrogen-bond donors (Lipinski definition) is 1. The van der Waals surface area contributed by atoms with Crippen molar-refractivity contribution in [2.75, 3.05) is 0 Å². The molecule has 1 atom stereocenters. The van der Waals surface area contributed by atoms with Crippen LogP contribution < -0.4 is 11.1 Å². The molecule has 1 aliphatic rings. The number of aliphatic imine (C=N–C) groups is 1. The molecule has 1 amide bonds. The molecule has 0 fully saturated rings. The molecule has 0 aromatic rings. The molecule has 4 heteroatoms. The third-order valence-electron chi connectivity index (χ3n) is 0.920. The van der Waals surface area contributed by atoms with E-state index < -0.39 is 12.1 Å². The first-order chi connectivity index (χ1) is 4.30. The number of carbonyl (C=O) groups is 1. The highest BCUT2D eigenvalue weighted by molar-refractivity contribution is 5.83. The van der Waals surface area contributed by atoms with Gasteiger partial charge in [0.15, 0.2) is 6.17 Å². The average molecular weight is 124 g/mol. The summed E-state index contributed by atoms with van der Waals surface area (Å²) in [5, 5.41) is 2.60. The minimum absolute atomic E-state index is 0.685. The van der Waals surface area contributed by atoms with Gasteiger partial charge in [0.2, 0.25) is 0 Å². The van der Waals surface area contributed by atoms with E-state index in [-0.39, 0.29) is 0 Å². The maximum atomic E-state index is 10.3. The lowest BCUT2D eigenvalue weighted by atomic mass is 10.4. The van der Waals surface area contributed by atoms with Crippen LogP contribution in [0, 0.1) is 0 Å². The van der Waals surface area contributed by atoms with Crippen molar-refractivity contribution >= 4 is 12.1 Å². The van der Waals surface area contributed by atoms with Gasteiger partial charge in [-0.1, -0.05) is 0 Å². The normalized spacial score (nSPS) is 23.3. The quantitative estimate of drug-likeness (QED) is 0.502. The van der Waals surface area contributed by atoms with Crippen LogP contribution in [-0.2, 0) is 4.79 Å². The van der Waals surface area contributed by atoms with Crippen molar-refractivity contribution in [3.8, 4) is 0 Å². The van der Waals surface area contributed by atoms with Crippen LogP contribution in [0.15, 0.2) is 17.3 Å². The smallest absolute Gasteiger partial charge is 0.283 e. The summed E-state index contributed by atoms with van der Waals surface area (Å²) in [7, 11) is 0. The van der Waals surface area contributed by atoms with Crippen molar-refractivity contribution < 1.29 is 4.79 Å². The highest BCUT2D eigenvalue weighted by Gasteiger charge is 2.11. The van der Waals surface area contributed by atoms with E-state index in [9.17, 15) is 4.79 Å². The molecule has 0 bridgehead atoms. The lowest BCUT2D eigenvalue weighted by Crippen LogP contribution is -2.33. The van der Waals surface area contributed by atoms with E-state index in [1.54, 1.807) is 12.3 Å². The molecule has 1 unspecified atom stereocenters.